The zero-order valence-electron chi connectivity index (χ0n) is 14.4. The van der Waals surface area contributed by atoms with Crippen molar-refractivity contribution in [1.82, 2.24) is 5.32 Å². The number of carbonyl (C=O) groups is 2. The minimum absolute atomic E-state index is 0.249. The third-order valence-corrected chi connectivity index (χ3v) is 4.71. The molecule has 2 unspecified atom stereocenters. The fourth-order valence-corrected chi connectivity index (χ4v) is 3.27. The van der Waals surface area contributed by atoms with Gasteiger partial charge in [-0.2, -0.15) is 0 Å². The van der Waals surface area contributed by atoms with Gasteiger partial charge < -0.3 is 16.2 Å². The van der Waals surface area contributed by atoms with Crippen molar-refractivity contribution in [1.29, 1.82) is 0 Å². The van der Waals surface area contributed by atoms with E-state index in [0.29, 0.717) is 16.0 Å². The lowest BCUT2D eigenvalue weighted by Crippen LogP contribution is -2.50. The van der Waals surface area contributed by atoms with Crippen molar-refractivity contribution in [3.8, 4) is 0 Å². The number of carbonyl (C=O) groups excluding carboxylic acids is 2. The average molecular weight is 383 g/mol. The highest BCUT2D eigenvalue weighted by Gasteiger charge is 2.27. The second-order valence-electron chi connectivity index (χ2n) is 6.26. The van der Waals surface area contributed by atoms with Gasteiger partial charge in [0.05, 0.1) is 16.6 Å². The molecule has 0 aliphatic rings. The highest BCUT2D eigenvalue weighted by atomic mass is 35.5. The van der Waals surface area contributed by atoms with E-state index in [0.717, 1.165) is 10.9 Å². The molecule has 0 heterocycles. The molecule has 6 heteroatoms. The summed E-state index contributed by atoms with van der Waals surface area (Å²) in [4.78, 5) is 24.5. The molecule has 0 spiro atoms. The third-order valence-electron chi connectivity index (χ3n) is 4.39. The summed E-state index contributed by atoms with van der Waals surface area (Å²) < 4.78 is 0. The molecule has 138 valence electrons. The molecule has 0 aliphatic carbocycles. The van der Waals surface area contributed by atoms with Crippen LogP contribution in [-0.2, 0) is 11.2 Å². The van der Waals surface area contributed by atoms with Crippen LogP contribution >= 0.6 is 11.6 Å². The molecule has 5 nitrogen and oxygen atoms in total. The van der Waals surface area contributed by atoms with Crippen LogP contribution in [0.3, 0.4) is 0 Å². The molecule has 0 saturated carbocycles. The molecule has 0 bridgehead atoms. The van der Waals surface area contributed by atoms with Crippen LogP contribution < -0.4 is 11.1 Å². The number of rotatable bonds is 6. The third kappa shape index (κ3) is 4.27. The predicted molar refractivity (Wildman–Crippen MR) is 106 cm³/mol. The molecule has 3 aromatic carbocycles. The van der Waals surface area contributed by atoms with Gasteiger partial charge in [-0.3, -0.25) is 9.59 Å². The molecule has 3 aromatic rings. The minimum Gasteiger partial charge on any atom is -0.381 e. The molecule has 27 heavy (non-hydrogen) atoms. The lowest BCUT2D eigenvalue weighted by molar-refractivity contribution is -0.127. The lowest BCUT2D eigenvalue weighted by Gasteiger charge is -2.23. The van der Waals surface area contributed by atoms with Crippen LogP contribution in [0.4, 0.5) is 0 Å². The van der Waals surface area contributed by atoms with E-state index in [1.54, 1.807) is 12.1 Å². The highest BCUT2D eigenvalue weighted by molar-refractivity contribution is 6.35. The van der Waals surface area contributed by atoms with Crippen molar-refractivity contribution < 1.29 is 14.7 Å². The first-order chi connectivity index (χ1) is 13.0. The number of hydrogen-bond acceptors (Lipinski definition) is 3. The number of amides is 2. The van der Waals surface area contributed by atoms with Gasteiger partial charge in [0.2, 0.25) is 5.91 Å². The second kappa shape index (κ2) is 8.20. The van der Waals surface area contributed by atoms with Gasteiger partial charge in [0, 0.05) is 0 Å². The van der Waals surface area contributed by atoms with E-state index < -0.39 is 24.0 Å². The summed E-state index contributed by atoms with van der Waals surface area (Å²) in [5.74, 6) is -1.38. The Morgan fingerprint density at radius 1 is 1.00 bits per heavy atom. The number of halogens is 1. The van der Waals surface area contributed by atoms with Gasteiger partial charge in [0.15, 0.2) is 6.10 Å². The minimum atomic E-state index is -1.53. The largest absolute Gasteiger partial charge is 0.381 e. The summed E-state index contributed by atoms with van der Waals surface area (Å²) in [6.07, 6.45) is -1.28. The Balaban J connectivity index is 1.93. The summed E-state index contributed by atoms with van der Waals surface area (Å²) >= 11 is 6.27. The van der Waals surface area contributed by atoms with Crippen molar-refractivity contribution in [2.45, 2.75) is 18.6 Å². The molecule has 0 radical (unpaired) electrons. The number of hydrogen-bond donors (Lipinski definition) is 3. The molecule has 0 aliphatic heterocycles. The topological polar surface area (TPSA) is 92.4 Å². The number of nitrogens with two attached hydrogens (primary N) is 1. The van der Waals surface area contributed by atoms with Crippen molar-refractivity contribution >= 4 is 34.2 Å². The molecule has 4 N–H and O–H groups in total. The Kier molecular flexibility index (Phi) is 5.74. The number of nitrogens with one attached hydrogen (secondary N) is 1. The molecule has 0 saturated heterocycles. The Hall–Kier alpha value is -2.89. The van der Waals surface area contributed by atoms with E-state index in [1.807, 2.05) is 54.6 Å². The van der Waals surface area contributed by atoms with E-state index in [1.165, 1.54) is 0 Å². The van der Waals surface area contributed by atoms with Gasteiger partial charge in [-0.25, -0.2) is 0 Å². The Labute approximate surface area is 161 Å². The molecule has 2 atom stereocenters. The normalized spacial score (nSPS) is 13.1. The molecular formula is C21H19ClN2O3. The van der Waals surface area contributed by atoms with Crippen molar-refractivity contribution in [3.05, 3.63) is 82.9 Å². The summed E-state index contributed by atoms with van der Waals surface area (Å²) in [6.45, 7) is 0. The maximum Gasteiger partial charge on any atom is 0.253 e. The molecule has 2 amide bonds. The van der Waals surface area contributed by atoms with E-state index in [-0.39, 0.29) is 6.42 Å². The van der Waals surface area contributed by atoms with E-state index >= 15 is 0 Å². The van der Waals surface area contributed by atoms with Gasteiger partial charge in [0.25, 0.3) is 5.91 Å². The summed E-state index contributed by atoms with van der Waals surface area (Å²) in [7, 11) is 0. The van der Waals surface area contributed by atoms with Crippen LogP contribution in [0, 0.1) is 0 Å². The van der Waals surface area contributed by atoms with Gasteiger partial charge in [0.1, 0.15) is 0 Å². The number of aliphatic hydroxyl groups is 1. The number of aliphatic hydroxyl groups excluding tert-OH is 1. The summed E-state index contributed by atoms with van der Waals surface area (Å²) in [5, 5.41) is 14.8. The SMILES string of the molecule is NC(=O)C(O)C(Cc1ccccc1)NC(=O)c1c(Cl)ccc2ccccc12. The van der Waals surface area contributed by atoms with Crippen LogP contribution in [0.1, 0.15) is 15.9 Å². The van der Waals surface area contributed by atoms with Crippen molar-refractivity contribution in [3.63, 3.8) is 0 Å². The smallest absolute Gasteiger partial charge is 0.253 e. The highest BCUT2D eigenvalue weighted by Crippen LogP contribution is 2.26. The first kappa shape index (κ1) is 18.9. The van der Waals surface area contributed by atoms with E-state index in [9.17, 15) is 14.7 Å². The van der Waals surface area contributed by atoms with Gasteiger partial charge >= 0.3 is 0 Å². The number of primary amides is 1. The van der Waals surface area contributed by atoms with Gasteiger partial charge in [-0.1, -0.05) is 72.3 Å². The average Bonchev–Trinajstić information content (AvgIpc) is 2.67. The monoisotopic (exact) mass is 382 g/mol. The van der Waals surface area contributed by atoms with Gasteiger partial charge in [-0.15, -0.1) is 0 Å². The first-order valence-corrected chi connectivity index (χ1v) is 8.84. The second-order valence-corrected chi connectivity index (χ2v) is 6.67. The van der Waals surface area contributed by atoms with Crippen LogP contribution in [0.2, 0.25) is 5.02 Å². The Morgan fingerprint density at radius 2 is 1.67 bits per heavy atom. The summed E-state index contributed by atoms with van der Waals surface area (Å²) in [5.41, 5.74) is 6.41. The fourth-order valence-electron chi connectivity index (χ4n) is 3.02. The van der Waals surface area contributed by atoms with Crippen LogP contribution in [0.25, 0.3) is 10.8 Å². The zero-order valence-corrected chi connectivity index (χ0v) is 15.2. The fraction of sp³-hybridized carbons (Fsp3) is 0.143. The van der Waals surface area contributed by atoms with E-state index in [4.69, 9.17) is 17.3 Å². The van der Waals surface area contributed by atoms with Crippen LogP contribution in [0.15, 0.2) is 66.7 Å². The standard InChI is InChI=1S/C21H19ClN2O3/c22-16-11-10-14-8-4-5-9-15(14)18(16)21(27)24-17(19(25)20(23)26)12-13-6-2-1-3-7-13/h1-11,17,19,25H,12H2,(H2,23,26)(H,24,27). The van der Waals surface area contributed by atoms with Crippen molar-refractivity contribution in [2.24, 2.45) is 5.73 Å². The quantitative estimate of drug-likeness (QED) is 0.612. The van der Waals surface area contributed by atoms with Crippen LogP contribution in [-0.4, -0.2) is 29.1 Å². The first-order valence-electron chi connectivity index (χ1n) is 8.47. The number of benzene rings is 3. The molecule has 0 fully saturated rings. The number of fused-ring (bicyclic) bond motifs is 1. The Morgan fingerprint density at radius 3 is 2.37 bits per heavy atom. The maximum absolute atomic E-state index is 12.9. The Bertz CT molecular complexity index is 976. The predicted octanol–water partition coefficient (Wildman–Crippen LogP) is 2.68. The van der Waals surface area contributed by atoms with E-state index in [2.05, 4.69) is 5.32 Å². The molecular weight excluding hydrogens is 364 g/mol. The zero-order chi connectivity index (χ0) is 19.4. The maximum atomic E-state index is 12.9. The van der Waals surface area contributed by atoms with Crippen molar-refractivity contribution in [2.75, 3.05) is 0 Å². The summed E-state index contributed by atoms with van der Waals surface area (Å²) in [6, 6.07) is 19.2. The van der Waals surface area contributed by atoms with Crippen LogP contribution in [0.5, 0.6) is 0 Å². The molecule has 0 aromatic heterocycles. The molecule has 3 rings (SSSR count). The van der Waals surface area contributed by atoms with Gasteiger partial charge in [-0.05, 0) is 28.8 Å². The lowest BCUT2D eigenvalue weighted by atomic mass is 9.99.